The van der Waals surface area contributed by atoms with Crippen molar-refractivity contribution in [3.05, 3.63) is 91.4 Å². The van der Waals surface area contributed by atoms with Crippen molar-refractivity contribution in [2.75, 3.05) is 26.3 Å². The van der Waals surface area contributed by atoms with E-state index in [2.05, 4.69) is 20.9 Å². The van der Waals surface area contributed by atoms with E-state index in [1.807, 2.05) is 29.2 Å². The van der Waals surface area contributed by atoms with E-state index in [0.29, 0.717) is 32.0 Å². The maximum absolute atomic E-state index is 13.9. The molecular formula is C24H26BrF2N3O4. The second-order valence-corrected chi connectivity index (χ2v) is 8.53. The molecule has 0 bridgehead atoms. The van der Waals surface area contributed by atoms with Crippen LogP contribution in [0.2, 0.25) is 0 Å². The number of aromatic nitrogens is 2. The monoisotopic (exact) mass is 537 g/mol. The fourth-order valence-corrected chi connectivity index (χ4v) is 3.84. The number of nitrogens with zero attached hydrogens (tertiary/aromatic N) is 3. The van der Waals surface area contributed by atoms with Crippen LogP contribution < -0.4 is 10.3 Å². The van der Waals surface area contributed by atoms with E-state index in [9.17, 15) is 13.6 Å². The first-order valence-electron chi connectivity index (χ1n) is 10.7. The van der Waals surface area contributed by atoms with Crippen LogP contribution in [0.4, 0.5) is 8.78 Å². The van der Waals surface area contributed by atoms with Gasteiger partial charge >= 0.3 is 0 Å². The molecular weight excluding hydrogens is 512 g/mol. The van der Waals surface area contributed by atoms with Crippen LogP contribution in [-0.2, 0) is 19.7 Å². The van der Waals surface area contributed by atoms with Crippen molar-refractivity contribution in [1.82, 2.24) is 14.5 Å². The lowest BCUT2D eigenvalue weighted by Gasteiger charge is -2.20. The number of rotatable bonds is 11. The third-order valence-corrected chi connectivity index (χ3v) is 5.93. The number of benzene rings is 2. The van der Waals surface area contributed by atoms with Crippen LogP contribution in [0.1, 0.15) is 22.5 Å². The van der Waals surface area contributed by atoms with Gasteiger partial charge in [0.05, 0.1) is 19.8 Å². The van der Waals surface area contributed by atoms with Crippen molar-refractivity contribution in [1.29, 1.82) is 0 Å². The van der Waals surface area contributed by atoms with Gasteiger partial charge in [-0.3, -0.25) is 14.3 Å². The zero-order chi connectivity index (χ0) is 24.7. The molecule has 0 saturated carbocycles. The highest BCUT2D eigenvalue weighted by Gasteiger charge is 2.15. The van der Waals surface area contributed by atoms with Gasteiger partial charge < -0.3 is 14.9 Å². The Bertz CT molecular complexity index is 1170. The molecule has 0 radical (unpaired) electrons. The van der Waals surface area contributed by atoms with Gasteiger partial charge in [0, 0.05) is 31.3 Å². The Morgan fingerprint density at radius 1 is 1.06 bits per heavy atom. The Kier molecular flexibility index (Phi) is 9.28. The van der Waals surface area contributed by atoms with Gasteiger partial charge in [-0.25, -0.2) is 8.78 Å². The predicted molar refractivity (Wildman–Crippen MR) is 127 cm³/mol. The number of aliphatic hydroxyl groups excluding tert-OH is 2. The van der Waals surface area contributed by atoms with Crippen molar-refractivity contribution < 1.29 is 23.7 Å². The number of aryl methyl sites for hydroxylation is 1. The molecule has 0 aliphatic rings. The lowest BCUT2D eigenvalue weighted by molar-refractivity contribution is 0.156. The first-order valence-corrected chi connectivity index (χ1v) is 11.5. The van der Waals surface area contributed by atoms with Crippen LogP contribution >= 0.6 is 15.9 Å². The summed E-state index contributed by atoms with van der Waals surface area (Å²) in [6, 6.07) is 10.9. The standard InChI is InChI=1S/C24H26BrF2N3O4/c1-16-28-23(34-15-19-6-7-20(26)12-21(19)27)22(25)24(33)30(16)14-18-4-2-17(3-5-18)13-29(8-10-31)9-11-32/h2-7,12,31-32H,8-11,13-15H2,1H3. The molecule has 10 heteroatoms. The predicted octanol–water partition coefficient (Wildman–Crippen LogP) is 3.01. The molecule has 0 amide bonds. The average Bonchev–Trinajstić information content (AvgIpc) is 2.80. The van der Waals surface area contributed by atoms with Crippen LogP contribution in [0.5, 0.6) is 5.88 Å². The third-order valence-electron chi connectivity index (χ3n) is 5.26. The van der Waals surface area contributed by atoms with Gasteiger partial charge in [0.1, 0.15) is 28.5 Å². The second kappa shape index (κ2) is 12.2. The maximum Gasteiger partial charge on any atom is 0.272 e. The number of hydrogen-bond donors (Lipinski definition) is 2. The SMILES string of the molecule is Cc1nc(OCc2ccc(F)cc2F)c(Br)c(=O)n1Cc1ccc(CN(CCO)CCO)cc1. The summed E-state index contributed by atoms with van der Waals surface area (Å²) in [6.07, 6.45) is 0. The van der Waals surface area contributed by atoms with Crippen LogP contribution in [0.25, 0.3) is 0 Å². The topological polar surface area (TPSA) is 87.8 Å². The van der Waals surface area contributed by atoms with Gasteiger partial charge in [0.15, 0.2) is 0 Å². The van der Waals surface area contributed by atoms with E-state index in [4.69, 9.17) is 14.9 Å². The second-order valence-electron chi connectivity index (χ2n) is 7.73. The molecule has 1 heterocycles. The lowest BCUT2D eigenvalue weighted by Crippen LogP contribution is -2.29. The molecule has 2 aromatic carbocycles. The fraction of sp³-hybridized carbons (Fsp3) is 0.333. The molecule has 0 saturated heterocycles. The van der Waals surface area contributed by atoms with Crippen molar-refractivity contribution in [2.24, 2.45) is 0 Å². The number of ether oxygens (including phenoxy) is 1. The summed E-state index contributed by atoms with van der Waals surface area (Å²) in [4.78, 5) is 19.2. The molecule has 0 fully saturated rings. The molecule has 0 spiro atoms. The van der Waals surface area contributed by atoms with E-state index in [-0.39, 0.29) is 41.3 Å². The Morgan fingerprint density at radius 3 is 2.32 bits per heavy atom. The maximum atomic E-state index is 13.9. The largest absolute Gasteiger partial charge is 0.472 e. The van der Waals surface area contributed by atoms with Crippen molar-refractivity contribution >= 4 is 15.9 Å². The summed E-state index contributed by atoms with van der Waals surface area (Å²) in [7, 11) is 0. The smallest absolute Gasteiger partial charge is 0.272 e. The van der Waals surface area contributed by atoms with Crippen LogP contribution in [0, 0.1) is 18.6 Å². The minimum Gasteiger partial charge on any atom is -0.472 e. The molecule has 2 N–H and O–H groups in total. The molecule has 34 heavy (non-hydrogen) atoms. The van der Waals surface area contributed by atoms with E-state index in [1.54, 1.807) is 6.92 Å². The summed E-state index contributed by atoms with van der Waals surface area (Å²) in [5, 5.41) is 18.3. The van der Waals surface area contributed by atoms with Crippen LogP contribution in [0.3, 0.4) is 0 Å². The number of hydrogen-bond acceptors (Lipinski definition) is 6. The summed E-state index contributed by atoms with van der Waals surface area (Å²) in [5.74, 6) is -0.963. The minimum atomic E-state index is -0.736. The zero-order valence-electron chi connectivity index (χ0n) is 18.7. The normalized spacial score (nSPS) is 11.3. The van der Waals surface area contributed by atoms with Crippen molar-refractivity contribution in [3.63, 3.8) is 0 Å². The molecule has 0 atom stereocenters. The molecule has 7 nitrogen and oxygen atoms in total. The zero-order valence-corrected chi connectivity index (χ0v) is 20.3. The Labute approximate surface area is 204 Å². The van der Waals surface area contributed by atoms with Crippen LogP contribution in [-0.4, -0.2) is 51.0 Å². The third kappa shape index (κ3) is 6.69. The first kappa shape index (κ1) is 26.0. The molecule has 0 aliphatic carbocycles. The van der Waals surface area contributed by atoms with Crippen LogP contribution in [0.15, 0.2) is 51.7 Å². The number of halogens is 3. The fourth-order valence-electron chi connectivity index (χ4n) is 3.42. The van der Waals surface area contributed by atoms with E-state index in [1.165, 1.54) is 10.6 Å². The summed E-state index contributed by atoms with van der Waals surface area (Å²) < 4.78 is 34.1. The van der Waals surface area contributed by atoms with Gasteiger partial charge in [-0.15, -0.1) is 0 Å². The highest BCUT2D eigenvalue weighted by molar-refractivity contribution is 9.10. The van der Waals surface area contributed by atoms with Gasteiger partial charge in [0.2, 0.25) is 5.88 Å². The molecule has 0 unspecified atom stereocenters. The Morgan fingerprint density at radius 2 is 1.71 bits per heavy atom. The number of aliphatic hydroxyl groups is 2. The van der Waals surface area contributed by atoms with Gasteiger partial charge in [-0.05, 0) is 46.1 Å². The highest BCUT2D eigenvalue weighted by Crippen LogP contribution is 2.21. The average molecular weight is 538 g/mol. The minimum absolute atomic E-state index is 0.0146. The van der Waals surface area contributed by atoms with Crippen molar-refractivity contribution in [3.8, 4) is 5.88 Å². The van der Waals surface area contributed by atoms with Crippen molar-refractivity contribution in [2.45, 2.75) is 26.6 Å². The lowest BCUT2D eigenvalue weighted by atomic mass is 10.1. The molecule has 3 rings (SSSR count). The Hall–Kier alpha value is -2.66. The molecule has 0 aliphatic heterocycles. The summed E-state index contributed by atoms with van der Waals surface area (Å²) in [5.41, 5.74) is 1.71. The van der Waals surface area contributed by atoms with Gasteiger partial charge in [-0.2, -0.15) is 4.98 Å². The molecule has 182 valence electrons. The first-order chi connectivity index (χ1) is 16.3. The highest BCUT2D eigenvalue weighted by atomic mass is 79.9. The molecule has 1 aromatic heterocycles. The van der Waals surface area contributed by atoms with E-state index < -0.39 is 11.6 Å². The molecule has 3 aromatic rings. The van der Waals surface area contributed by atoms with E-state index in [0.717, 1.165) is 23.3 Å². The Balaban J connectivity index is 1.71. The van der Waals surface area contributed by atoms with Gasteiger partial charge in [0.25, 0.3) is 5.56 Å². The van der Waals surface area contributed by atoms with Gasteiger partial charge in [-0.1, -0.05) is 24.3 Å². The van der Waals surface area contributed by atoms with E-state index >= 15 is 0 Å². The summed E-state index contributed by atoms with van der Waals surface area (Å²) in [6.45, 7) is 3.33. The quantitative estimate of drug-likeness (QED) is 0.391. The summed E-state index contributed by atoms with van der Waals surface area (Å²) >= 11 is 3.23.